The Labute approximate surface area is 117 Å². The first-order valence-corrected chi connectivity index (χ1v) is 7.13. The molecule has 3 nitrogen and oxygen atoms in total. The van der Waals surface area contributed by atoms with Gasteiger partial charge in [0.1, 0.15) is 0 Å². The molecule has 2 rings (SSSR count). The average Bonchev–Trinajstić information content (AvgIpc) is 3.16. The molecule has 1 amide bonds. The third kappa shape index (κ3) is 3.86. The van der Waals surface area contributed by atoms with Crippen molar-refractivity contribution in [3.05, 3.63) is 0 Å². The quantitative estimate of drug-likeness (QED) is 0.834. The van der Waals surface area contributed by atoms with Gasteiger partial charge in [0.15, 0.2) is 0 Å². The number of rotatable bonds is 5. The van der Waals surface area contributed by atoms with Crippen molar-refractivity contribution >= 4 is 18.3 Å². The smallest absolute Gasteiger partial charge is 0.225 e. The Morgan fingerprint density at radius 2 is 1.94 bits per heavy atom. The number of hydrogen-bond acceptors (Lipinski definition) is 2. The zero-order chi connectivity index (χ0) is 12.3. The highest BCUT2D eigenvalue weighted by Crippen LogP contribution is 2.49. The van der Waals surface area contributed by atoms with Gasteiger partial charge < -0.3 is 10.2 Å². The Kier molecular flexibility index (Phi) is 6.44. The van der Waals surface area contributed by atoms with E-state index >= 15 is 0 Å². The minimum absolute atomic E-state index is 0. The van der Waals surface area contributed by atoms with Crippen molar-refractivity contribution in [2.24, 2.45) is 17.8 Å². The lowest BCUT2D eigenvalue weighted by Gasteiger charge is -2.22. The Bertz CT molecular complexity index is 267. The second-order valence-corrected chi connectivity index (χ2v) is 5.77. The number of halogens is 1. The first-order valence-electron chi connectivity index (χ1n) is 7.13. The Morgan fingerprint density at radius 1 is 1.28 bits per heavy atom. The first kappa shape index (κ1) is 15.8. The van der Waals surface area contributed by atoms with Crippen molar-refractivity contribution in [2.75, 3.05) is 27.2 Å². The zero-order valence-electron chi connectivity index (χ0n) is 11.7. The molecule has 0 spiro atoms. The Hall–Kier alpha value is -0.280. The number of carbonyl (C=O) groups is 1. The normalized spacial score (nSPS) is 27.4. The van der Waals surface area contributed by atoms with Gasteiger partial charge in [-0.25, -0.2) is 0 Å². The molecule has 2 atom stereocenters. The van der Waals surface area contributed by atoms with Gasteiger partial charge in [0.05, 0.1) is 0 Å². The maximum absolute atomic E-state index is 12.2. The minimum atomic E-state index is 0. The van der Waals surface area contributed by atoms with Gasteiger partial charge in [0.25, 0.3) is 0 Å². The van der Waals surface area contributed by atoms with Crippen LogP contribution in [-0.2, 0) is 4.79 Å². The van der Waals surface area contributed by atoms with Crippen molar-refractivity contribution in [3.8, 4) is 0 Å². The summed E-state index contributed by atoms with van der Waals surface area (Å²) in [5.41, 5.74) is 0. The summed E-state index contributed by atoms with van der Waals surface area (Å²) < 4.78 is 0. The molecule has 0 radical (unpaired) electrons. The molecular formula is C14H27ClN2O. The molecule has 1 N–H and O–H groups in total. The van der Waals surface area contributed by atoms with Gasteiger partial charge in [0.2, 0.25) is 5.91 Å². The average molecular weight is 275 g/mol. The SMILES string of the molecule is CNCCN(C)C(=O)C1CC1C1CCCCC1.Cl. The fraction of sp³-hybridized carbons (Fsp3) is 0.929. The number of hydrogen-bond donors (Lipinski definition) is 1. The van der Waals surface area contributed by atoms with E-state index in [0.717, 1.165) is 31.3 Å². The van der Waals surface area contributed by atoms with Gasteiger partial charge in [-0.1, -0.05) is 32.1 Å². The fourth-order valence-electron chi connectivity index (χ4n) is 3.25. The molecule has 2 fully saturated rings. The maximum Gasteiger partial charge on any atom is 0.225 e. The summed E-state index contributed by atoms with van der Waals surface area (Å²) >= 11 is 0. The number of nitrogens with one attached hydrogen (secondary N) is 1. The van der Waals surface area contributed by atoms with E-state index in [0.29, 0.717) is 11.8 Å². The van der Waals surface area contributed by atoms with E-state index in [4.69, 9.17) is 0 Å². The molecule has 0 aromatic heterocycles. The molecule has 0 aliphatic heterocycles. The van der Waals surface area contributed by atoms with Crippen molar-refractivity contribution in [1.29, 1.82) is 0 Å². The van der Waals surface area contributed by atoms with Crippen molar-refractivity contribution in [3.63, 3.8) is 0 Å². The molecule has 0 heterocycles. The van der Waals surface area contributed by atoms with Gasteiger partial charge in [-0.3, -0.25) is 4.79 Å². The largest absolute Gasteiger partial charge is 0.344 e. The van der Waals surface area contributed by atoms with Gasteiger partial charge in [-0.2, -0.15) is 0 Å². The summed E-state index contributed by atoms with van der Waals surface area (Å²) in [5, 5.41) is 3.09. The van der Waals surface area contributed by atoms with E-state index in [2.05, 4.69) is 5.32 Å². The molecule has 0 saturated heterocycles. The lowest BCUT2D eigenvalue weighted by Crippen LogP contribution is -2.34. The van der Waals surface area contributed by atoms with Crippen LogP contribution in [0.2, 0.25) is 0 Å². The summed E-state index contributed by atoms with van der Waals surface area (Å²) in [5.74, 6) is 2.33. The highest BCUT2D eigenvalue weighted by atomic mass is 35.5. The lowest BCUT2D eigenvalue weighted by atomic mass is 9.85. The van der Waals surface area contributed by atoms with Crippen LogP contribution in [0.4, 0.5) is 0 Å². The number of nitrogens with zero attached hydrogens (tertiary/aromatic N) is 1. The van der Waals surface area contributed by atoms with Crippen LogP contribution in [0.15, 0.2) is 0 Å². The van der Waals surface area contributed by atoms with Crippen molar-refractivity contribution < 1.29 is 4.79 Å². The molecule has 4 heteroatoms. The fourth-order valence-corrected chi connectivity index (χ4v) is 3.25. The second-order valence-electron chi connectivity index (χ2n) is 5.77. The summed E-state index contributed by atoms with van der Waals surface area (Å²) in [7, 11) is 3.87. The molecule has 2 saturated carbocycles. The van der Waals surface area contributed by atoms with E-state index in [1.54, 1.807) is 0 Å². The van der Waals surface area contributed by atoms with E-state index in [1.165, 1.54) is 32.1 Å². The molecule has 2 aliphatic rings. The predicted octanol–water partition coefficient (Wildman–Crippen LogP) is 2.30. The molecule has 106 valence electrons. The van der Waals surface area contributed by atoms with E-state index in [-0.39, 0.29) is 12.4 Å². The first-order chi connectivity index (χ1) is 8.24. The molecular weight excluding hydrogens is 248 g/mol. The van der Waals surface area contributed by atoms with Crippen LogP contribution in [-0.4, -0.2) is 38.0 Å². The maximum atomic E-state index is 12.2. The van der Waals surface area contributed by atoms with Gasteiger partial charge in [0, 0.05) is 26.1 Å². The zero-order valence-corrected chi connectivity index (χ0v) is 12.5. The number of amides is 1. The number of carbonyl (C=O) groups excluding carboxylic acids is 1. The van der Waals surface area contributed by atoms with Crippen LogP contribution in [0.5, 0.6) is 0 Å². The van der Waals surface area contributed by atoms with Crippen LogP contribution < -0.4 is 5.32 Å². The topological polar surface area (TPSA) is 32.3 Å². The summed E-state index contributed by atoms with van der Waals surface area (Å²) in [6, 6.07) is 0. The Balaban J connectivity index is 0.00000162. The monoisotopic (exact) mass is 274 g/mol. The molecule has 2 aliphatic carbocycles. The van der Waals surface area contributed by atoms with E-state index in [1.807, 2.05) is 19.0 Å². The molecule has 0 aromatic carbocycles. The predicted molar refractivity (Wildman–Crippen MR) is 77.0 cm³/mol. The van der Waals surface area contributed by atoms with Crippen LogP contribution in [0.3, 0.4) is 0 Å². The van der Waals surface area contributed by atoms with Crippen LogP contribution >= 0.6 is 12.4 Å². The number of likely N-dealkylation sites (N-methyl/N-ethyl adjacent to an activating group) is 2. The van der Waals surface area contributed by atoms with Crippen LogP contribution in [0, 0.1) is 17.8 Å². The Morgan fingerprint density at radius 3 is 2.56 bits per heavy atom. The summed E-state index contributed by atoms with van der Waals surface area (Å²) in [6.45, 7) is 1.73. The van der Waals surface area contributed by atoms with Gasteiger partial charge >= 0.3 is 0 Å². The van der Waals surface area contributed by atoms with Crippen LogP contribution in [0.25, 0.3) is 0 Å². The molecule has 0 aromatic rings. The molecule has 0 bridgehead atoms. The lowest BCUT2D eigenvalue weighted by molar-refractivity contribution is -0.131. The third-order valence-electron chi connectivity index (χ3n) is 4.49. The van der Waals surface area contributed by atoms with Crippen molar-refractivity contribution in [2.45, 2.75) is 38.5 Å². The highest BCUT2D eigenvalue weighted by Gasteiger charge is 2.48. The van der Waals surface area contributed by atoms with Crippen LogP contribution in [0.1, 0.15) is 38.5 Å². The van der Waals surface area contributed by atoms with Gasteiger partial charge in [-0.05, 0) is 25.3 Å². The highest BCUT2D eigenvalue weighted by molar-refractivity contribution is 5.85. The standard InChI is InChI=1S/C14H26N2O.ClH/c1-15-8-9-16(2)14(17)13-10-12(13)11-6-4-3-5-7-11;/h11-13,15H,3-10H2,1-2H3;1H. The minimum Gasteiger partial charge on any atom is -0.344 e. The third-order valence-corrected chi connectivity index (χ3v) is 4.49. The molecule has 18 heavy (non-hydrogen) atoms. The van der Waals surface area contributed by atoms with E-state index < -0.39 is 0 Å². The van der Waals surface area contributed by atoms with Gasteiger partial charge in [-0.15, -0.1) is 12.4 Å². The van der Waals surface area contributed by atoms with Crippen molar-refractivity contribution in [1.82, 2.24) is 10.2 Å². The molecule has 2 unspecified atom stereocenters. The van der Waals surface area contributed by atoms with E-state index in [9.17, 15) is 4.79 Å². The summed E-state index contributed by atoms with van der Waals surface area (Å²) in [6.07, 6.45) is 8.08. The second kappa shape index (κ2) is 7.34. The summed E-state index contributed by atoms with van der Waals surface area (Å²) in [4.78, 5) is 14.1.